The second-order valence-corrected chi connectivity index (χ2v) is 8.94. The summed E-state index contributed by atoms with van der Waals surface area (Å²) in [6, 6.07) is 22.1. The van der Waals surface area contributed by atoms with Crippen LogP contribution in [0.3, 0.4) is 0 Å². The number of aryl methyl sites for hydroxylation is 1. The van der Waals surface area contributed by atoms with Gasteiger partial charge in [-0.15, -0.1) is 0 Å². The summed E-state index contributed by atoms with van der Waals surface area (Å²) in [5.74, 6) is 0.121. The Morgan fingerprint density at radius 1 is 1.03 bits per heavy atom. The number of carbonyl (C=O) groups excluding carboxylic acids is 1. The van der Waals surface area contributed by atoms with Crippen molar-refractivity contribution < 1.29 is 17.9 Å². The Kier molecular flexibility index (Phi) is 7.99. The molecule has 0 saturated carbocycles. The van der Waals surface area contributed by atoms with Gasteiger partial charge in [0, 0.05) is 0 Å². The lowest BCUT2D eigenvalue weighted by Crippen LogP contribution is -2.40. The van der Waals surface area contributed by atoms with E-state index in [-0.39, 0.29) is 4.90 Å². The minimum atomic E-state index is -3.96. The van der Waals surface area contributed by atoms with Crippen LogP contribution < -0.4 is 14.5 Å². The molecule has 0 aliphatic heterocycles. The zero-order chi connectivity index (χ0) is 23.7. The van der Waals surface area contributed by atoms with E-state index < -0.39 is 22.5 Å². The van der Waals surface area contributed by atoms with Crippen LogP contribution in [-0.2, 0) is 14.8 Å². The van der Waals surface area contributed by atoms with Crippen molar-refractivity contribution in [2.75, 3.05) is 17.5 Å². The van der Waals surface area contributed by atoms with Crippen molar-refractivity contribution >= 4 is 27.8 Å². The third-order valence-electron chi connectivity index (χ3n) is 4.65. The molecule has 0 unspecified atom stereocenters. The van der Waals surface area contributed by atoms with Crippen LogP contribution in [0.2, 0.25) is 0 Å². The molecule has 1 N–H and O–H groups in total. The first-order chi connectivity index (χ1) is 15.9. The van der Waals surface area contributed by atoms with Gasteiger partial charge in [0.05, 0.1) is 16.8 Å². The summed E-state index contributed by atoms with van der Waals surface area (Å²) in [6.07, 6.45) is 3.13. The molecule has 33 heavy (non-hydrogen) atoms. The summed E-state index contributed by atoms with van der Waals surface area (Å²) >= 11 is 0. The third kappa shape index (κ3) is 6.30. The fourth-order valence-corrected chi connectivity index (χ4v) is 4.52. The van der Waals surface area contributed by atoms with Gasteiger partial charge in [0.25, 0.3) is 15.9 Å². The van der Waals surface area contributed by atoms with Crippen molar-refractivity contribution in [1.82, 2.24) is 5.43 Å². The number of hydrazone groups is 1. The lowest BCUT2D eigenvalue weighted by Gasteiger charge is -2.25. The smallest absolute Gasteiger partial charge is 0.264 e. The first-order valence-electron chi connectivity index (χ1n) is 10.2. The molecule has 0 radical (unpaired) electrons. The van der Waals surface area contributed by atoms with E-state index in [2.05, 4.69) is 17.1 Å². The molecule has 0 aliphatic rings. The van der Waals surface area contributed by atoms with E-state index in [1.54, 1.807) is 73.7 Å². The minimum Gasteiger partial charge on any atom is -0.490 e. The SMILES string of the molecule is C=CCOc1ccc(/C=N/NC(=O)CN(c2ccccc2C)S(=O)(=O)c2ccccc2)cc1. The summed E-state index contributed by atoms with van der Waals surface area (Å²) in [7, 11) is -3.96. The number of anilines is 1. The Bertz CT molecular complexity index is 1220. The molecule has 3 aromatic carbocycles. The molecule has 8 heteroatoms. The first kappa shape index (κ1) is 23.7. The van der Waals surface area contributed by atoms with Crippen LogP contribution in [0.15, 0.2) is 102 Å². The van der Waals surface area contributed by atoms with Gasteiger partial charge >= 0.3 is 0 Å². The van der Waals surface area contributed by atoms with Crippen molar-refractivity contribution in [3.8, 4) is 5.75 Å². The average molecular weight is 464 g/mol. The zero-order valence-electron chi connectivity index (χ0n) is 18.2. The van der Waals surface area contributed by atoms with Gasteiger partial charge in [-0.3, -0.25) is 9.10 Å². The molecule has 3 aromatic rings. The van der Waals surface area contributed by atoms with Crippen LogP contribution in [0.25, 0.3) is 0 Å². The molecule has 0 atom stereocenters. The highest BCUT2D eigenvalue weighted by molar-refractivity contribution is 7.92. The van der Waals surface area contributed by atoms with Crippen LogP contribution in [0.1, 0.15) is 11.1 Å². The van der Waals surface area contributed by atoms with Gasteiger partial charge in [-0.25, -0.2) is 13.8 Å². The van der Waals surface area contributed by atoms with Crippen molar-refractivity contribution in [1.29, 1.82) is 0 Å². The quantitative estimate of drug-likeness (QED) is 0.281. The van der Waals surface area contributed by atoms with Gasteiger partial charge in [0.15, 0.2) is 0 Å². The Hall–Kier alpha value is -3.91. The topological polar surface area (TPSA) is 88.1 Å². The number of rotatable bonds is 10. The van der Waals surface area contributed by atoms with Crippen LogP contribution in [0.5, 0.6) is 5.75 Å². The second kappa shape index (κ2) is 11.1. The predicted octanol–water partition coefficient (Wildman–Crippen LogP) is 3.91. The van der Waals surface area contributed by atoms with Crippen molar-refractivity contribution in [2.45, 2.75) is 11.8 Å². The van der Waals surface area contributed by atoms with Gasteiger partial charge in [-0.2, -0.15) is 5.10 Å². The number of nitrogens with zero attached hydrogens (tertiary/aromatic N) is 2. The number of ether oxygens (including phenoxy) is 1. The molecular weight excluding hydrogens is 438 g/mol. The van der Waals surface area contributed by atoms with Gasteiger partial charge in [-0.05, 0) is 60.5 Å². The highest BCUT2D eigenvalue weighted by Gasteiger charge is 2.27. The Morgan fingerprint density at radius 2 is 1.70 bits per heavy atom. The zero-order valence-corrected chi connectivity index (χ0v) is 19.0. The molecule has 0 aliphatic carbocycles. The molecule has 0 aromatic heterocycles. The van der Waals surface area contributed by atoms with E-state index in [1.807, 2.05) is 6.07 Å². The van der Waals surface area contributed by atoms with E-state index in [4.69, 9.17) is 4.74 Å². The highest BCUT2D eigenvalue weighted by atomic mass is 32.2. The van der Waals surface area contributed by atoms with E-state index in [0.29, 0.717) is 18.0 Å². The van der Waals surface area contributed by atoms with Gasteiger partial charge in [0.1, 0.15) is 18.9 Å². The van der Waals surface area contributed by atoms with E-state index in [1.165, 1.54) is 18.3 Å². The predicted molar refractivity (Wildman–Crippen MR) is 130 cm³/mol. The van der Waals surface area contributed by atoms with Gasteiger partial charge in [0.2, 0.25) is 0 Å². The molecule has 0 saturated heterocycles. The number of carbonyl (C=O) groups is 1. The number of nitrogens with one attached hydrogen (secondary N) is 1. The standard InChI is InChI=1S/C25H25N3O4S/c1-3-17-32-22-15-13-21(14-16-22)18-26-27-25(29)19-28(24-12-8-7-9-20(24)2)33(30,31)23-10-5-4-6-11-23/h3-16,18H,1,17,19H2,2H3,(H,27,29)/b26-18+. The fraction of sp³-hybridized carbons (Fsp3) is 0.120. The largest absolute Gasteiger partial charge is 0.490 e. The van der Waals surface area contributed by atoms with E-state index >= 15 is 0 Å². The molecule has 3 rings (SSSR count). The number of para-hydroxylation sites is 1. The molecule has 0 spiro atoms. The summed E-state index contributed by atoms with van der Waals surface area (Å²) in [4.78, 5) is 12.7. The Labute approximate surface area is 194 Å². The molecule has 0 heterocycles. The second-order valence-electron chi connectivity index (χ2n) is 7.07. The van der Waals surface area contributed by atoms with Crippen LogP contribution in [0, 0.1) is 6.92 Å². The van der Waals surface area contributed by atoms with E-state index in [0.717, 1.165) is 15.4 Å². The number of sulfonamides is 1. The maximum absolute atomic E-state index is 13.3. The van der Waals surface area contributed by atoms with Crippen LogP contribution >= 0.6 is 0 Å². The normalized spacial score (nSPS) is 11.2. The lowest BCUT2D eigenvalue weighted by atomic mass is 10.2. The van der Waals surface area contributed by atoms with Crippen molar-refractivity contribution in [3.05, 3.63) is 103 Å². The van der Waals surface area contributed by atoms with Crippen LogP contribution in [-0.4, -0.2) is 33.7 Å². The summed E-state index contributed by atoms with van der Waals surface area (Å²) in [5.41, 5.74) is 4.30. The average Bonchev–Trinajstić information content (AvgIpc) is 2.83. The molecule has 170 valence electrons. The summed E-state index contributed by atoms with van der Waals surface area (Å²) in [6.45, 7) is 5.38. The van der Waals surface area contributed by atoms with Crippen molar-refractivity contribution in [2.24, 2.45) is 5.10 Å². The number of amides is 1. The van der Waals surface area contributed by atoms with Gasteiger partial charge in [-0.1, -0.05) is 49.1 Å². The molecule has 0 bridgehead atoms. The maximum Gasteiger partial charge on any atom is 0.264 e. The summed E-state index contributed by atoms with van der Waals surface area (Å²) in [5, 5.41) is 3.95. The number of hydrogen-bond acceptors (Lipinski definition) is 5. The Morgan fingerprint density at radius 3 is 2.36 bits per heavy atom. The number of benzene rings is 3. The fourth-order valence-electron chi connectivity index (χ4n) is 3.01. The first-order valence-corrected chi connectivity index (χ1v) is 11.6. The van der Waals surface area contributed by atoms with Crippen LogP contribution in [0.4, 0.5) is 5.69 Å². The summed E-state index contributed by atoms with van der Waals surface area (Å²) < 4.78 is 33.1. The monoisotopic (exact) mass is 463 g/mol. The molecular formula is C25H25N3O4S. The minimum absolute atomic E-state index is 0.100. The van der Waals surface area contributed by atoms with Crippen molar-refractivity contribution in [3.63, 3.8) is 0 Å². The third-order valence-corrected chi connectivity index (χ3v) is 6.43. The lowest BCUT2D eigenvalue weighted by molar-refractivity contribution is -0.119. The van der Waals surface area contributed by atoms with E-state index in [9.17, 15) is 13.2 Å². The highest BCUT2D eigenvalue weighted by Crippen LogP contribution is 2.26. The van der Waals surface area contributed by atoms with Gasteiger partial charge < -0.3 is 4.74 Å². The molecule has 7 nitrogen and oxygen atoms in total. The molecule has 0 fully saturated rings. The maximum atomic E-state index is 13.3. The molecule has 1 amide bonds. The number of hydrogen-bond donors (Lipinski definition) is 1. The Balaban J connectivity index is 1.75.